The third-order valence-corrected chi connectivity index (χ3v) is 35.2. The van der Waals surface area contributed by atoms with Crippen molar-refractivity contribution < 1.29 is 10.4 Å². The molecule has 9 aromatic rings. The van der Waals surface area contributed by atoms with Crippen molar-refractivity contribution in [1.29, 1.82) is 0 Å². The molecule has 0 aromatic heterocycles. The summed E-state index contributed by atoms with van der Waals surface area (Å²) in [5.74, 6) is 1.74. The maximum atomic E-state index is 8.18. The molecule has 0 atom stereocenters. The first-order valence-corrected chi connectivity index (χ1v) is 33.6. The van der Waals surface area contributed by atoms with Crippen LogP contribution >= 0.6 is 46.4 Å². The zero-order valence-corrected chi connectivity index (χ0v) is 46.8. The average molecular weight is 1220 g/mol. The van der Waals surface area contributed by atoms with Crippen LogP contribution in [0.5, 0.6) is 23.0 Å². The summed E-state index contributed by atoms with van der Waals surface area (Å²) in [6.07, 6.45) is 0. The summed E-state index contributed by atoms with van der Waals surface area (Å²) >= 11 is 22.2. The van der Waals surface area contributed by atoms with Crippen LogP contribution in [-0.4, -0.2) is 19.7 Å². The Bertz CT molecular complexity index is 3520. The molecule has 0 radical (unpaired) electrons. The number of ether oxygens (including phenoxy) is 1. The van der Waals surface area contributed by atoms with Crippen LogP contribution in [0.2, 0.25) is 20.1 Å². The van der Waals surface area contributed by atoms with Crippen molar-refractivity contribution in [3.8, 4) is 56.4 Å². The molecule has 0 amide bonds. The summed E-state index contributed by atoms with van der Waals surface area (Å²) < 4.78 is 26.5. The van der Waals surface area contributed by atoms with Crippen LogP contribution in [0.4, 0.5) is 34.1 Å². The maximum absolute atomic E-state index is 8.18. The van der Waals surface area contributed by atoms with Crippen molar-refractivity contribution in [2.45, 2.75) is 52.4 Å². The van der Waals surface area contributed by atoms with Crippen LogP contribution < -0.4 is 30.0 Å². The van der Waals surface area contributed by atoms with Gasteiger partial charge in [-0.1, -0.05) is 0 Å². The topological polar surface area (TPSA) is 34.2 Å². The number of benzene rings is 9. The molecule has 72 heavy (non-hydrogen) atoms. The second-order valence-corrected chi connectivity index (χ2v) is 36.7. The fraction of sp³-hybridized carbons (Fsp3) is 0.129. The van der Waals surface area contributed by atoms with Crippen molar-refractivity contribution in [3.05, 3.63) is 207 Å². The van der Waals surface area contributed by atoms with E-state index in [-0.39, 0.29) is 42.4 Å². The molecule has 4 aliphatic heterocycles. The molecule has 1 spiro atoms. The molecule has 0 fully saturated rings. The van der Waals surface area contributed by atoms with Gasteiger partial charge in [0.05, 0.1) is 0 Å². The second-order valence-electron chi connectivity index (χ2n) is 21.1. The molecule has 5 nitrogen and oxygen atoms in total. The SMILES string of the molecule is CC(C)(C)c1ccc(N2c3cc(-c4ccccc4)cc4[c]3[Bi]35([O]c6c(Cl)c(Cl)c(Cl)c(Cl)c6[O]3)[c]3c(cc(-c6ccccc6)cc3N(c3ccc(C(C)(C)C)cc3)c3cc(-c6ccccc6)cc2[c]35)O4)cc1. The summed E-state index contributed by atoms with van der Waals surface area (Å²) in [6.45, 7) is 13.4. The molecule has 0 aliphatic carbocycles. The molecule has 10 heteroatoms. The van der Waals surface area contributed by atoms with Gasteiger partial charge in [-0.15, -0.1) is 0 Å². The summed E-state index contributed by atoms with van der Waals surface area (Å²) in [4.78, 5) is 4.76. The third-order valence-electron chi connectivity index (χ3n) is 14.6. The quantitative estimate of drug-likeness (QED) is 0.0975. The Hall–Kier alpha value is -5.98. The van der Waals surface area contributed by atoms with E-state index < -0.39 is 19.7 Å². The van der Waals surface area contributed by atoms with Crippen LogP contribution in [0.3, 0.4) is 0 Å². The Morgan fingerprint density at radius 3 is 1.01 bits per heavy atom. The van der Waals surface area contributed by atoms with Crippen molar-refractivity contribution >= 4 is 110 Å². The van der Waals surface area contributed by atoms with E-state index in [0.717, 1.165) is 77.3 Å². The van der Waals surface area contributed by atoms with E-state index in [4.69, 9.17) is 56.8 Å². The van der Waals surface area contributed by atoms with Gasteiger partial charge < -0.3 is 0 Å². The van der Waals surface area contributed by atoms with E-state index in [9.17, 15) is 0 Å². The van der Waals surface area contributed by atoms with Crippen LogP contribution in [0.15, 0.2) is 176 Å². The van der Waals surface area contributed by atoms with Gasteiger partial charge in [0, 0.05) is 0 Å². The number of anilines is 6. The monoisotopic (exact) mass is 1220 g/mol. The van der Waals surface area contributed by atoms with Crippen LogP contribution in [0.1, 0.15) is 52.7 Å². The van der Waals surface area contributed by atoms with Crippen LogP contribution in [0, 0.1) is 0 Å². The minimum absolute atomic E-state index is 0.0854. The van der Waals surface area contributed by atoms with Crippen LogP contribution in [0.25, 0.3) is 33.4 Å². The number of nitrogens with zero attached hydrogens (tertiary/aromatic N) is 2. The van der Waals surface area contributed by atoms with Crippen molar-refractivity contribution in [2.75, 3.05) is 9.80 Å². The van der Waals surface area contributed by atoms with E-state index in [1.165, 1.54) is 11.1 Å². The summed E-state index contributed by atoms with van der Waals surface area (Å²) in [7, 11) is 0. The normalized spacial score (nSPS) is 15.7. The van der Waals surface area contributed by atoms with E-state index in [2.05, 4.69) is 215 Å². The van der Waals surface area contributed by atoms with E-state index in [1.807, 2.05) is 12.1 Å². The standard InChI is InChI=1S/C56H47N2O.C6H2Cl4O2.Bi/c1-55(2,3)45-22-26-47(27-23-45)57-49-30-42(39-16-10-7-11-17-39)31-50(36-49)58(48-28-24-46(25-29-48)56(4,5)6)52-33-44(41-20-14-9-15-21-41)35-54(38-52)59-53-34-43(32-51(57)37-53)40-18-12-8-13-19-40;7-1-2(8)4(10)6(12)5(11)3(1)9;/h7-35H,1-6H3;11-12H;/q;;+2/p-2. The number of rotatable bonds is 5. The number of hydrogen-bond acceptors (Lipinski definition) is 5. The second kappa shape index (κ2) is 16.0. The van der Waals surface area contributed by atoms with Gasteiger partial charge in [0.15, 0.2) is 0 Å². The van der Waals surface area contributed by atoms with Gasteiger partial charge in [-0.3, -0.25) is 0 Å². The van der Waals surface area contributed by atoms with Crippen LogP contribution in [-0.2, 0) is 10.8 Å². The third kappa shape index (κ3) is 6.48. The molecule has 0 N–H and O–H groups in total. The number of fused-ring (bicyclic) bond motifs is 1. The first kappa shape index (κ1) is 45.9. The van der Waals surface area contributed by atoms with Gasteiger partial charge in [0.2, 0.25) is 0 Å². The zero-order valence-electron chi connectivity index (χ0n) is 40.3. The Labute approximate surface area is 442 Å². The summed E-state index contributed by atoms with van der Waals surface area (Å²) in [5, 5.41) is 0.437. The molecule has 0 unspecified atom stereocenters. The molecule has 13 rings (SSSR count). The van der Waals surface area contributed by atoms with Gasteiger partial charge >= 0.3 is 446 Å². The molecule has 0 saturated carbocycles. The first-order valence-electron chi connectivity index (χ1n) is 24.0. The van der Waals surface area contributed by atoms with Crippen molar-refractivity contribution in [2.24, 2.45) is 0 Å². The molecule has 9 aromatic carbocycles. The zero-order chi connectivity index (χ0) is 49.7. The Morgan fingerprint density at radius 2 is 0.681 bits per heavy atom. The summed E-state index contributed by atoms with van der Waals surface area (Å²) in [6, 6.07) is 62.7. The van der Waals surface area contributed by atoms with Gasteiger partial charge in [-0.05, 0) is 0 Å². The van der Waals surface area contributed by atoms with Gasteiger partial charge in [-0.25, -0.2) is 0 Å². The fourth-order valence-corrected chi connectivity index (χ4v) is 34.4. The van der Waals surface area contributed by atoms with Gasteiger partial charge in [-0.2, -0.15) is 0 Å². The van der Waals surface area contributed by atoms with Gasteiger partial charge in [0.1, 0.15) is 0 Å². The Kier molecular flexibility index (Phi) is 10.2. The number of halogens is 4. The van der Waals surface area contributed by atoms with Crippen molar-refractivity contribution in [3.63, 3.8) is 0 Å². The minimum atomic E-state index is -6.65. The fourth-order valence-electron chi connectivity index (χ4n) is 11.1. The van der Waals surface area contributed by atoms with Gasteiger partial charge in [0.25, 0.3) is 0 Å². The average Bonchev–Trinajstić information content (AvgIpc) is 3.74. The van der Waals surface area contributed by atoms with E-state index in [0.29, 0.717) is 11.5 Å². The molecule has 4 aliphatic rings. The van der Waals surface area contributed by atoms with E-state index in [1.54, 1.807) is 0 Å². The van der Waals surface area contributed by atoms with Crippen molar-refractivity contribution in [1.82, 2.24) is 0 Å². The molecule has 4 heterocycles. The number of hydrogen-bond donors (Lipinski definition) is 0. The molecule has 0 bridgehead atoms. The summed E-state index contributed by atoms with van der Waals surface area (Å²) in [5.41, 5.74) is 13.7. The molecule has 356 valence electrons. The first-order chi connectivity index (χ1) is 34.5. The molecule has 0 saturated heterocycles. The van der Waals surface area contributed by atoms with E-state index >= 15 is 0 Å². The predicted octanol–water partition coefficient (Wildman–Crippen LogP) is 17.5. The Morgan fingerprint density at radius 1 is 0.361 bits per heavy atom. The molecular weight excluding hydrogens is 1170 g/mol. The predicted molar refractivity (Wildman–Crippen MR) is 302 cm³/mol. The molecular formula is C62H47BiCl4N2O3. The Balaban J connectivity index is 1.26.